The number of furan rings is 1. The quantitative estimate of drug-likeness (QED) is 0.458. The summed E-state index contributed by atoms with van der Waals surface area (Å²) >= 11 is 7.32. The number of rotatable bonds is 7. The van der Waals surface area contributed by atoms with Gasteiger partial charge in [-0.1, -0.05) is 41.6 Å². The van der Waals surface area contributed by atoms with E-state index in [-0.39, 0.29) is 23.3 Å². The highest BCUT2D eigenvalue weighted by Gasteiger charge is 2.32. The number of methoxy groups -OCH3 is 2. The Hall–Kier alpha value is -3.69. The zero-order valence-electron chi connectivity index (χ0n) is 18.3. The Labute approximate surface area is 205 Å². The topological polar surface area (TPSA) is 93.4 Å². The van der Waals surface area contributed by atoms with Crippen molar-refractivity contribution < 1.29 is 23.5 Å². The van der Waals surface area contributed by atoms with Crippen molar-refractivity contribution in [3.8, 4) is 11.5 Å². The molecular formula is C24H20ClN3O5S. The lowest BCUT2D eigenvalue weighted by Gasteiger charge is -2.17. The van der Waals surface area contributed by atoms with Crippen LogP contribution in [0.2, 0.25) is 5.02 Å². The number of hydrogen-bond donors (Lipinski definition) is 1. The number of anilines is 2. The third-order valence-electron chi connectivity index (χ3n) is 4.75. The van der Waals surface area contributed by atoms with Gasteiger partial charge in [-0.2, -0.15) is 0 Å². The van der Waals surface area contributed by atoms with Gasteiger partial charge < -0.3 is 19.2 Å². The van der Waals surface area contributed by atoms with E-state index in [9.17, 15) is 9.59 Å². The second-order valence-electron chi connectivity index (χ2n) is 6.94. The summed E-state index contributed by atoms with van der Waals surface area (Å²) in [5.41, 5.74) is 1.26. The first-order chi connectivity index (χ1) is 16.5. The molecule has 174 valence electrons. The van der Waals surface area contributed by atoms with Gasteiger partial charge >= 0.3 is 0 Å². The van der Waals surface area contributed by atoms with Gasteiger partial charge in [-0.05, 0) is 30.3 Å². The van der Waals surface area contributed by atoms with E-state index in [2.05, 4.69) is 10.3 Å². The van der Waals surface area contributed by atoms with Crippen molar-refractivity contribution in [3.63, 3.8) is 0 Å². The molecule has 1 aromatic heterocycles. The molecule has 2 amide bonds. The minimum absolute atomic E-state index is 0.00369. The number of aliphatic imine (C=N–C) groups is 1. The van der Waals surface area contributed by atoms with E-state index in [1.807, 2.05) is 18.2 Å². The molecule has 34 heavy (non-hydrogen) atoms. The first kappa shape index (κ1) is 23.5. The molecule has 0 atom stereocenters. The molecule has 10 heteroatoms. The molecule has 2 heterocycles. The fourth-order valence-corrected chi connectivity index (χ4v) is 4.23. The Kier molecular flexibility index (Phi) is 7.24. The normalized spacial score (nSPS) is 14.3. The monoisotopic (exact) mass is 497 g/mol. The Morgan fingerprint density at radius 1 is 1.15 bits per heavy atom. The summed E-state index contributed by atoms with van der Waals surface area (Å²) in [4.78, 5) is 31.8. The summed E-state index contributed by atoms with van der Waals surface area (Å²) in [5, 5.41) is 3.49. The number of nitrogens with zero attached hydrogens (tertiary/aromatic N) is 2. The number of benzene rings is 2. The van der Waals surface area contributed by atoms with Gasteiger partial charge in [-0.25, -0.2) is 4.99 Å². The van der Waals surface area contributed by atoms with Crippen molar-refractivity contribution in [1.29, 1.82) is 0 Å². The average molecular weight is 498 g/mol. The molecule has 0 unspecified atom stereocenters. The van der Waals surface area contributed by atoms with Gasteiger partial charge in [0.05, 0.1) is 42.6 Å². The third kappa shape index (κ3) is 5.11. The second-order valence-corrected chi connectivity index (χ2v) is 8.29. The van der Waals surface area contributed by atoms with Gasteiger partial charge in [-0.15, -0.1) is 0 Å². The average Bonchev–Trinajstić information content (AvgIpc) is 3.46. The summed E-state index contributed by atoms with van der Waals surface area (Å²) < 4.78 is 15.8. The highest BCUT2D eigenvalue weighted by molar-refractivity contribution is 8.14. The molecule has 0 radical (unpaired) electrons. The van der Waals surface area contributed by atoms with E-state index in [1.165, 1.54) is 25.4 Å². The highest BCUT2D eigenvalue weighted by Crippen LogP contribution is 2.36. The van der Waals surface area contributed by atoms with Crippen LogP contribution in [0.15, 0.2) is 76.0 Å². The third-order valence-corrected chi connectivity index (χ3v) is 5.98. The fraction of sp³-hybridized carbons (Fsp3) is 0.125. The van der Waals surface area contributed by atoms with Gasteiger partial charge in [0, 0.05) is 12.1 Å². The minimum atomic E-state index is -0.323. The number of carbonyl (C=O) groups excluding carboxylic acids is 2. The van der Waals surface area contributed by atoms with Gasteiger partial charge in [0.25, 0.3) is 5.91 Å². The van der Waals surface area contributed by atoms with Crippen LogP contribution in [0.1, 0.15) is 5.76 Å². The molecule has 0 bridgehead atoms. The summed E-state index contributed by atoms with van der Waals surface area (Å²) in [7, 11) is 2.98. The number of amidine groups is 1. The Morgan fingerprint density at radius 3 is 2.59 bits per heavy atom. The molecule has 0 saturated carbocycles. The maximum atomic E-state index is 13.1. The van der Waals surface area contributed by atoms with Crippen LogP contribution in [-0.4, -0.2) is 37.0 Å². The van der Waals surface area contributed by atoms with Crippen LogP contribution in [0.3, 0.4) is 0 Å². The number of nitrogens with one attached hydrogen (secondary N) is 1. The molecular weight excluding hydrogens is 478 g/mol. The van der Waals surface area contributed by atoms with E-state index in [4.69, 9.17) is 25.5 Å². The summed E-state index contributed by atoms with van der Waals surface area (Å²) in [6.45, 7) is 0. The number of para-hydroxylation sites is 1. The molecule has 1 aliphatic heterocycles. The summed E-state index contributed by atoms with van der Waals surface area (Å²) in [5.74, 6) is 0.704. The molecule has 8 nitrogen and oxygen atoms in total. The van der Waals surface area contributed by atoms with E-state index < -0.39 is 0 Å². The Bertz CT molecular complexity index is 1260. The van der Waals surface area contributed by atoms with Gasteiger partial charge in [0.1, 0.15) is 23.0 Å². The van der Waals surface area contributed by atoms with Crippen LogP contribution < -0.4 is 19.7 Å². The zero-order valence-corrected chi connectivity index (χ0v) is 19.9. The van der Waals surface area contributed by atoms with E-state index in [1.54, 1.807) is 42.5 Å². The molecule has 4 rings (SSSR count). The second kappa shape index (κ2) is 10.5. The molecule has 0 aliphatic carbocycles. The molecule has 0 saturated heterocycles. The van der Waals surface area contributed by atoms with Crippen molar-refractivity contribution in [2.75, 3.05) is 30.2 Å². The highest BCUT2D eigenvalue weighted by atomic mass is 35.5. The van der Waals surface area contributed by atoms with E-state index >= 15 is 0 Å². The van der Waals surface area contributed by atoms with Crippen LogP contribution in [0.5, 0.6) is 11.5 Å². The molecule has 2 aromatic carbocycles. The van der Waals surface area contributed by atoms with Crippen molar-refractivity contribution in [2.45, 2.75) is 0 Å². The van der Waals surface area contributed by atoms with Crippen molar-refractivity contribution in [1.82, 2.24) is 0 Å². The number of thioether (sulfide) groups is 1. The fourth-order valence-electron chi connectivity index (χ4n) is 3.18. The van der Waals surface area contributed by atoms with Gasteiger partial charge in [0.2, 0.25) is 5.91 Å². The van der Waals surface area contributed by atoms with Gasteiger partial charge in [0.15, 0.2) is 5.17 Å². The number of ether oxygens (including phenoxy) is 2. The molecule has 3 aromatic rings. The smallest absolute Gasteiger partial charge is 0.283 e. The number of carbonyl (C=O) groups is 2. The predicted molar refractivity (Wildman–Crippen MR) is 134 cm³/mol. The van der Waals surface area contributed by atoms with Crippen LogP contribution >= 0.6 is 23.4 Å². The largest absolute Gasteiger partial charge is 0.495 e. The first-order valence-electron chi connectivity index (χ1n) is 10.1. The SMILES string of the molecule is COc1cc(OC)c(NC(=O)CSC2=NC(=Cc3ccco3)C(=O)N2c2ccccc2)cc1Cl. The van der Waals surface area contributed by atoms with Crippen LogP contribution in [0.25, 0.3) is 6.08 Å². The summed E-state index contributed by atoms with van der Waals surface area (Å²) in [6.07, 6.45) is 3.08. The number of halogens is 1. The predicted octanol–water partition coefficient (Wildman–Crippen LogP) is 5.07. The maximum Gasteiger partial charge on any atom is 0.283 e. The van der Waals surface area contributed by atoms with E-state index in [0.717, 1.165) is 11.8 Å². The van der Waals surface area contributed by atoms with Crippen molar-refractivity contribution in [2.24, 2.45) is 4.99 Å². The molecule has 0 fully saturated rings. The Balaban J connectivity index is 1.53. The van der Waals surface area contributed by atoms with Crippen LogP contribution in [0.4, 0.5) is 11.4 Å². The Morgan fingerprint density at radius 2 is 1.91 bits per heavy atom. The molecule has 1 N–H and O–H groups in total. The zero-order chi connectivity index (χ0) is 24.1. The van der Waals surface area contributed by atoms with Crippen molar-refractivity contribution in [3.05, 3.63) is 77.3 Å². The summed E-state index contributed by atoms with van der Waals surface area (Å²) in [6, 6.07) is 15.7. The lowest BCUT2D eigenvalue weighted by atomic mass is 10.2. The minimum Gasteiger partial charge on any atom is -0.495 e. The van der Waals surface area contributed by atoms with Crippen molar-refractivity contribution >= 4 is 57.8 Å². The lowest BCUT2D eigenvalue weighted by Crippen LogP contribution is -2.31. The molecule has 0 spiro atoms. The number of amides is 2. The first-order valence-corrected chi connectivity index (χ1v) is 11.4. The number of hydrogen-bond acceptors (Lipinski definition) is 7. The lowest BCUT2D eigenvalue weighted by molar-refractivity contribution is -0.114. The maximum absolute atomic E-state index is 13.1. The van der Waals surface area contributed by atoms with Gasteiger partial charge in [-0.3, -0.25) is 14.5 Å². The molecule has 1 aliphatic rings. The van der Waals surface area contributed by atoms with Crippen LogP contribution in [-0.2, 0) is 9.59 Å². The van der Waals surface area contributed by atoms with Crippen LogP contribution in [0, 0.1) is 0 Å². The van der Waals surface area contributed by atoms with E-state index in [0.29, 0.717) is 38.8 Å². The standard InChI is InChI=1S/C24H20ClN3O5S/c1-31-20-13-21(32-2)18(12-17(20)25)26-22(29)14-34-24-27-19(11-16-9-6-10-33-16)23(30)28(24)15-7-4-3-5-8-15/h3-13H,14H2,1-2H3,(H,26,29).